The highest BCUT2D eigenvalue weighted by atomic mass is 16.1. The van der Waals surface area contributed by atoms with E-state index in [1.807, 2.05) is 0 Å². The molecule has 1 nitrogen and oxygen atoms in total. The van der Waals surface area contributed by atoms with Gasteiger partial charge in [0, 0.05) is 11.8 Å². The van der Waals surface area contributed by atoms with Gasteiger partial charge in [-0.15, -0.1) is 0 Å². The first kappa shape index (κ1) is 14.0. The molecule has 0 spiro atoms. The summed E-state index contributed by atoms with van der Waals surface area (Å²) in [7, 11) is 0. The molecule has 4 rings (SSSR count). The maximum absolute atomic E-state index is 12.4. The molecule has 0 heterocycles. The maximum Gasteiger partial charge on any atom is 0.139 e. The smallest absolute Gasteiger partial charge is 0.139 e. The summed E-state index contributed by atoms with van der Waals surface area (Å²) < 4.78 is 0. The summed E-state index contributed by atoms with van der Waals surface area (Å²) in [6.07, 6.45) is 12.5. The molecular weight excluding hydrogens is 256 g/mol. The van der Waals surface area contributed by atoms with Crippen LogP contribution in [0.3, 0.4) is 0 Å². The second-order valence-electron chi connectivity index (χ2n) is 8.90. The van der Waals surface area contributed by atoms with Crippen LogP contribution in [0.25, 0.3) is 0 Å². The van der Waals surface area contributed by atoms with Gasteiger partial charge in [0.25, 0.3) is 0 Å². The molecule has 0 aliphatic heterocycles. The summed E-state index contributed by atoms with van der Waals surface area (Å²) >= 11 is 0. The van der Waals surface area contributed by atoms with Crippen LogP contribution in [-0.2, 0) is 4.79 Å². The van der Waals surface area contributed by atoms with Gasteiger partial charge >= 0.3 is 0 Å². The van der Waals surface area contributed by atoms with E-state index in [-0.39, 0.29) is 5.41 Å². The van der Waals surface area contributed by atoms with Gasteiger partial charge in [0.15, 0.2) is 0 Å². The monoisotopic (exact) mass is 286 g/mol. The van der Waals surface area contributed by atoms with Crippen molar-refractivity contribution in [3.63, 3.8) is 0 Å². The minimum absolute atomic E-state index is 0.0309. The molecule has 0 unspecified atom stereocenters. The lowest BCUT2D eigenvalue weighted by Crippen LogP contribution is -2.50. The van der Waals surface area contributed by atoms with E-state index in [0.717, 1.165) is 30.6 Å². The van der Waals surface area contributed by atoms with E-state index in [1.165, 1.54) is 38.5 Å². The molecule has 0 radical (unpaired) electrons. The van der Waals surface area contributed by atoms with Crippen LogP contribution in [0.15, 0.2) is 11.6 Å². The standard InChI is InChI=1S/C20H30O/c1-13-5-4-11-19(2)15(13)7-6-14-16-8-9-18(21)20(16,3)12-10-17(14)19/h7,13-14,16-17H,4-6,8-12H2,1-3H3/t13-,14+,16+,17+,19+,20+/m1/s1. The van der Waals surface area contributed by atoms with Gasteiger partial charge in [-0.05, 0) is 67.6 Å². The predicted molar refractivity (Wildman–Crippen MR) is 85.9 cm³/mol. The fourth-order valence-electron chi connectivity index (χ4n) is 6.91. The van der Waals surface area contributed by atoms with Crippen molar-refractivity contribution in [2.75, 3.05) is 0 Å². The number of carbonyl (C=O) groups is 1. The normalized spacial score (nSPS) is 52.7. The van der Waals surface area contributed by atoms with Crippen molar-refractivity contribution in [2.45, 2.75) is 72.1 Å². The van der Waals surface area contributed by atoms with E-state index < -0.39 is 0 Å². The van der Waals surface area contributed by atoms with Crippen molar-refractivity contribution in [3.8, 4) is 0 Å². The van der Waals surface area contributed by atoms with E-state index in [4.69, 9.17) is 0 Å². The van der Waals surface area contributed by atoms with Crippen molar-refractivity contribution in [3.05, 3.63) is 11.6 Å². The minimum atomic E-state index is 0.0309. The zero-order valence-electron chi connectivity index (χ0n) is 14.0. The average molecular weight is 286 g/mol. The Balaban J connectivity index is 1.72. The Morgan fingerprint density at radius 1 is 1.05 bits per heavy atom. The van der Waals surface area contributed by atoms with Gasteiger partial charge in [-0.2, -0.15) is 0 Å². The molecule has 4 aliphatic carbocycles. The van der Waals surface area contributed by atoms with Crippen LogP contribution in [0.1, 0.15) is 72.1 Å². The lowest BCUT2D eigenvalue weighted by molar-refractivity contribution is -0.131. The summed E-state index contributed by atoms with van der Waals surface area (Å²) in [5.74, 6) is 3.68. The van der Waals surface area contributed by atoms with Crippen molar-refractivity contribution >= 4 is 5.78 Å². The molecule has 0 aromatic rings. The Bertz CT molecular complexity index is 504. The first-order valence-corrected chi connectivity index (χ1v) is 9.20. The first-order chi connectivity index (χ1) is 9.97. The van der Waals surface area contributed by atoms with E-state index >= 15 is 0 Å². The summed E-state index contributed by atoms with van der Waals surface area (Å²) in [6, 6.07) is 0. The molecule has 3 fully saturated rings. The number of hydrogen-bond donors (Lipinski definition) is 0. The highest BCUT2D eigenvalue weighted by molar-refractivity contribution is 5.87. The molecule has 116 valence electrons. The largest absolute Gasteiger partial charge is 0.299 e. The van der Waals surface area contributed by atoms with Gasteiger partial charge in [-0.25, -0.2) is 0 Å². The van der Waals surface area contributed by atoms with Gasteiger partial charge in [-0.3, -0.25) is 4.79 Å². The van der Waals surface area contributed by atoms with Gasteiger partial charge in [0.1, 0.15) is 5.78 Å². The second-order valence-corrected chi connectivity index (χ2v) is 8.90. The second kappa shape index (κ2) is 4.46. The molecule has 0 bridgehead atoms. The van der Waals surface area contributed by atoms with Gasteiger partial charge in [0.2, 0.25) is 0 Å². The van der Waals surface area contributed by atoms with Crippen LogP contribution in [0.2, 0.25) is 0 Å². The molecular formula is C20H30O. The van der Waals surface area contributed by atoms with Gasteiger partial charge in [0.05, 0.1) is 0 Å². The Hall–Kier alpha value is -0.590. The summed E-state index contributed by atoms with van der Waals surface area (Å²) in [4.78, 5) is 12.4. The lowest BCUT2D eigenvalue weighted by Gasteiger charge is -2.57. The average Bonchev–Trinajstić information content (AvgIpc) is 2.75. The van der Waals surface area contributed by atoms with E-state index in [2.05, 4.69) is 26.8 Å². The summed E-state index contributed by atoms with van der Waals surface area (Å²) in [6.45, 7) is 7.29. The number of fused-ring (bicyclic) bond motifs is 5. The van der Waals surface area contributed by atoms with E-state index in [9.17, 15) is 4.79 Å². The Morgan fingerprint density at radius 2 is 1.81 bits per heavy atom. The van der Waals surface area contributed by atoms with Crippen molar-refractivity contribution in [1.29, 1.82) is 0 Å². The third kappa shape index (κ3) is 1.72. The molecule has 0 saturated heterocycles. The summed E-state index contributed by atoms with van der Waals surface area (Å²) in [5.41, 5.74) is 2.26. The molecule has 6 atom stereocenters. The molecule has 0 aromatic carbocycles. The third-order valence-corrected chi connectivity index (χ3v) is 8.10. The maximum atomic E-state index is 12.4. The zero-order valence-corrected chi connectivity index (χ0v) is 14.0. The molecule has 0 N–H and O–H groups in total. The van der Waals surface area contributed by atoms with E-state index in [0.29, 0.717) is 17.1 Å². The predicted octanol–water partition coefficient (Wildman–Crippen LogP) is 5.15. The first-order valence-electron chi connectivity index (χ1n) is 9.20. The van der Waals surface area contributed by atoms with Crippen molar-refractivity contribution < 1.29 is 4.79 Å². The van der Waals surface area contributed by atoms with E-state index in [1.54, 1.807) is 5.57 Å². The molecule has 1 heteroatoms. The number of ketones is 1. The lowest BCUT2D eigenvalue weighted by atomic mass is 9.47. The molecule has 4 aliphatic rings. The number of carbonyl (C=O) groups excluding carboxylic acids is 1. The Kier molecular flexibility index (Phi) is 2.98. The highest BCUT2D eigenvalue weighted by Gasteiger charge is 2.58. The zero-order chi connectivity index (χ0) is 14.8. The number of rotatable bonds is 0. The fourth-order valence-corrected chi connectivity index (χ4v) is 6.91. The molecule has 0 aromatic heterocycles. The van der Waals surface area contributed by atoms with Crippen molar-refractivity contribution in [2.24, 2.45) is 34.5 Å². The van der Waals surface area contributed by atoms with Crippen LogP contribution in [0, 0.1) is 34.5 Å². The minimum Gasteiger partial charge on any atom is -0.299 e. The van der Waals surface area contributed by atoms with Gasteiger partial charge in [-0.1, -0.05) is 38.8 Å². The van der Waals surface area contributed by atoms with Crippen LogP contribution < -0.4 is 0 Å². The van der Waals surface area contributed by atoms with Gasteiger partial charge < -0.3 is 0 Å². The topological polar surface area (TPSA) is 17.1 Å². The molecule has 3 saturated carbocycles. The quantitative estimate of drug-likeness (QED) is 0.562. The van der Waals surface area contributed by atoms with Crippen LogP contribution in [0.5, 0.6) is 0 Å². The summed E-state index contributed by atoms with van der Waals surface area (Å²) in [5, 5.41) is 0. The van der Waals surface area contributed by atoms with Crippen LogP contribution in [0.4, 0.5) is 0 Å². The fraction of sp³-hybridized carbons (Fsp3) is 0.850. The van der Waals surface area contributed by atoms with Crippen molar-refractivity contribution in [1.82, 2.24) is 0 Å². The Labute approximate surface area is 129 Å². The number of allylic oxidation sites excluding steroid dienone is 2. The Morgan fingerprint density at radius 3 is 2.62 bits per heavy atom. The number of hydrogen-bond acceptors (Lipinski definition) is 1. The molecule has 21 heavy (non-hydrogen) atoms. The number of Topliss-reactive ketones (excluding diaryl/α,β-unsaturated/α-hetero) is 1. The van der Waals surface area contributed by atoms with Crippen LogP contribution >= 0.6 is 0 Å². The SMILES string of the molecule is C[C@@H]1CCC[C@@]2(C)C1=CC[C@@H]1[C@@H]2CC[C@]2(C)C(=O)CC[C@@H]12. The highest BCUT2D eigenvalue weighted by Crippen LogP contribution is 2.64. The third-order valence-electron chi connectivity index (χ3n) is 8.10. The molecule has 0 amide bonds. The van der Waals surface area contributed by atoms with Crippen LogP contribution in [-0.4, -0.2) is 5.78 Å².